The molecule has 0 bridgehead atoms. The van der Waals surface area contributed by atoms with Crippen molar-refractivity contribution in [3.8, 4) is 5.75 Å². The quantitative estimate of drug-likeness (QED) is 0.834. The summed E-state index contributed by atoms with van der Waals surface area (Å²) in [4.78, 5) is 19.9. The molecule has 21 heavy (non-hydrogen) atoms. The van der Waals surface area contributed by atoms with Gasteiger partial charge in [0.2, 0.25) is 0 Å². The Bertz CT molecular complexity index is 632. The lowest BCUT2D eigenvalue weighted by molar-refractivity contribution is 0.0594. The molecule has 1 N–H and O–H groups in total. The van der Waals surface area contributed by atoms with Gasteiger partial charge in [0, 0.05) is 6.54 Å². The Morgan fingerprint density at radius 2 is 2.00 bits per heavy atom. The molecule has 7 heteroatoms. The smallest absolute Gasteiger partial charge is 0.360 e. The van der Waals surface area contributed by atoms with Gasteiger partial charge in [0.25, 0.3) is 0 Å². The van der Waals surface area contributed by atoms with E-state index in [2.05, 4.69) is 31.2 Å². The third-order valence-corrected chi connectivity index (χ3v) is 3.12. The molecule has 0 spiro atoms. The van der Waals surface area contributed by atoms with Crippen LogP contribution in [0.4, 0.5) is 5.82 Å². The summed E-state index contributed by atoms with van der Waals surface area (Å²) in [5.41, 5.74) is 1.16. The predicted molar refractivity (Wildman–Crippen MR) is 81.4 cm³/mol. The molecule has 0 fully saturated rings. The number of halogens is 1. The normalized spacial score (nSPS) is 10.0. The highest BCUT2D eigenvalue weighted by molar-refractivity contribution is 9.10. The van der Waals surface area contributed by atoms with Crippen LogP contribution < -0.4 is 10.1 Å². The van der Waals surface area contributed by atoms with E-state index in [1.807, 2.05) is 24.3 Å². The SMILES string of the molecule is COC(=O)c1nc(Br)cnc1NCc1ccc(OC)cc1. The van der Waals surface area contributed by atoms with Crippen molar-refractivity contribution in [1.29, 1.82) is 0 Å². The zero-order valence-corrected chi connectivity index (χ0v) is 13.2. The third-order valence-electron chi connectivity index (χ3n) is 2.74. The van der Waals surface area contributed by atoms with Crippen molar-refractivity contribution in [3.63, 3.8) is 0 Å². The average molecular weight is 352 g/mol. The predicted octanol–water partition coefficient (Wildman–Crippen LogP) is 2.65. The number of aromatic nitrogens is 2. The topological polar surface area (TPSA) is 73.3 Å². The number of methoxy groups -OCH3 is 2. The fourth-order valence-electron chi connectivity index (χ4n) is 1.67. The van der Waals surface area contributed by atoms with Crippen molar-refractivity contribution in [2.75, 3.05) is 19.5 Å². The molecule has 110 valence electrons. The number of carbonyl (C=O) groups is 1. The van der Waals surface area contributed by atoms with E-state index in [1.54, 1.807) is 7.11 Å². The van der Waals surface area contributed by atoms with E-state index < -0.39 is 5.97 Å². The van der Waals surface area contributed by atoms with Crippen LogP contribution in [0.25, 0.3) is 0 Å². The van der Waals surface area contributed by atoms with E-state index in [9.17, 15) is 4.79 Å². The van der Waals surface area contributed by atoms with Gasteiger partial charge in [-0.05, 0) is 33.6 Å². The highest BCUT2D eigenvalue weighted by atomic mass is 79.9. The van der Waals surface area contributed by atoms with Crippen molar-refractivity contribution in [1.82, 2.24) is 9.97 Å². The zero-order chi connectivity index (χ0) is 15.2. The summed E-state index contributed by atoms with van der Waals surface area (Å²) in [6.07, 6.45) is 1.52. The summed E-state index contributed by atoms with van der Waals surface area (Å²) in [5, 5.41) is 3.07. The van der Waals surface area contributed by atoms with Gasteiger partial charge in [0.15, 0.2) is 11.5 Å². The summed E-state index contributed by atoms with van der Waals surface area (Å²) in [5.74, 6) is 0.624. The number of hydrogen-bond donors (Lipinski definition) is 1. The fourth-order valence-corrected chi connectivity index (χ4v) is 1.94. The second kappa shape index (κ2) is 7.03. The summed E-state index contributed by atoms with van der Waals surface area (Å²) in [6.45, 7) is 0.504. The first-order valence-electron chi connectivity index (χ1n) is 6.11. The zero-order valence-electron chi connectivity index (χ0n) is 11.6. The molecule has 0 saturated carbocycles. The van der Waals surface area contributed by atoms with E-state index in [0.29, 0.717) is 17.0 Å². The average Bonchev–Trinajstić information content (AvgIpc) is 2.53. The molecule has 0 atom stereocenters. The van der Waals surface area contributed by atoms with Crippen molar-refractivity contribution in [2.45, 2.75) is 6.54 Å². The summed E-state index contributed by atoms with van der Waals surface area (Å²) in [6, 6.07) is 7.59. The maximum atomic E-state index is 11.7. The number of anilines is 1. The molecule has 2 rings (SSSR count). The second-order valence-corrected chi connectivity index (χ2v) is 4.90. The van der Waals surface area contributed by atoms with E-state index in [0.717, 1.165) is 11.3 Å². The summed E-state index contributed by atoms with van der Waals surface area (Å²) < 4.78 is 10.3. The highest BCUT2D eigenvalue weighted by Crippen LogP contribution is 2.17. The number of esters is 1. The molecule has 0 amide bonds. The third kappa shape index (κ3) is 3.91. The second-order valence-electron chi connectivity index (χ2n) is 4.08. The van der Waals surface area contributed by atoms with Crippen LogP contribution in [0, 0.1) is 0 Å². The van der Waals surface area contributed by atoms with Gasteiger partial charge in [0.1, 0.15) is 10.4 Å². The molecule has 0 unspecified atom stereocenters. The minimum absolute atomic E-state index is 0.139. The van der Waals surface area contributed by atoms with Crippen molar-refractivity contribution in [2.24, 2.45) is 0 Å². The van der Waals surface area contributed by atoms with Crippen LogP contribution in [-0.4, -0.2) is 30.2 Å². The first kappa shape index (κ1) is 15.2. The van der Waals surface area contributed by atoms with E-state index in [-0.39, 0.29) is 5.69 Å². The molecule has 1 aromatic carbocycles. The van der Waals surface area contributed by atoms with Gasteiger partial charge in [-0.3, -0.25) is 0 Å². The lowest BCUT2D eigenvalue weighted by Crippen LogP contribution is -2.12. The molecule has 1 heterocycles. The standard InChI is InChI=1S/C14H14BrN3O3/c1-20-10-5-3-9(4-6-10)7-16-13-12(14(19)21-2)18-11(15)8-17-13/h3-6,8H,7H2,1-2H3,(H,16,17). The summed E-state index contributed by atoms with van der Waals surface area (Å²) in [7, 11) is 2.92. The number of benzene rings is 1. The first-order valence-corrected chi connectivity index (χ1v) is 6.91. The minimum Gasteiger partial charge on any atom is -0.497 e. The number of nitrogens with one attached hydrogen (secondary N) is 1. The van der Waals surface area contributed by atoms with E-state index in [1.165, 1.54) is 13.3 Å². The minimum atomic E-state index is -0.541. The Labute approximate surface area is 130 Å². The number of hydrogen-bond acceptors (Lipinski definition) is 6. The molecule has 6 nitrogen and oxygen atoms in total. The largest absolute Gasteiger partial charge is 0.497 e. The molecular weight excluding hydrogens is 338 g/mol. The Hall–Kier alpha value is -2.15. The van der Waals surface area contributed by atoms with E-state index in [4.69, 9.17) is 9.47 Å². The van der Waals surface area contributed by atoms with Crippen LogP contribution in [0.1, 0.15) is 16.1 Å². The highest BCUT2D eigenvalue weighted by Gasteiger charge is 2.15. The maximum Gasteiger partial charge on any atom is 0.360 e. The van der Waals surface area contributed by atoms with Crippen molar-refractivity contribution < 1.29 is 14.3 Å². The Morgan fingerprint density at radius 3 is 2.62 bits per heavy atom. The molecule has 0 saturated heterocycles. The van der Waals surface area contributed by atoms with Gasteiger partial charge in [-0.25, -0.2) is 14.8 Å². The summed E-state index contributed by atoms with van der Waals surface area (Å²) >= 11 is 3.18. The Morgan fingerprint density at radius 1 is 1.29 bits per heavy atom. The van der Waals surface area contributed by atoms with Crippen molar-refractivity contribution in [3.05, 3.63) is 46.3 Å². The van der Waals surface area contributed by atoms with Crippen LogP contribution in [-0.2, 0) is 11.3 Å². The molecule has 1 aromatic heterocycles. The molecule has 0 aliphatic heterocycles. The molecule has 0 aliphatic rings. The molecule has 2 aromatic rings. The van der Waals surface area contributed by atoms with Gasteiger partial charge >= 0.3 is 5.97 Å². The molecule has 0 aliphatic carbocycles. The van der Waals surface area contributed by atoms with Crippen LogP contribution in [0.15, 0.2) is 35.1 Å². The fraction of sp³-hybridized carbons (Fsp3) is 0.214. The van der Waals surface area contributed by atoms with Crippen LogP contribution in [0.3, 0.4) is 0 Å². The van der Waals surface area contributed by atoms with Gasteiger partial charge in [-0.1, -0.05) is 12.1 Å². The first-order chi connectivity index (χ1) is 10.1. The van der Waals surface area contributed by atoms with Crippen LogP contribution >= 0.6 is 15.9 Å². The number of nitrogens with zero attached hydrogens (tertiary/aromatic N) is 2. The Kier molecular flexibility index (Phi) is 5.10. The molecule has 0 radical (unpaired) electrons. The van der Waals surface area contributed by atoms with Crippen molar-refractivity contribution >= 4 is 27.7 Å². The number of ether oxygens (including phenoxy) is 2. The van der Waals surface area contributed by atoms with Crippen LogP contribution in [0.5, 0.6) is 5.75 Å². The van der Waals surface area contributed by atoms with Gasteiger partial charge in [-0.15, -0.1) is 0 Å². The Balaban J connectivity index is 2.13. The monoisotopic (exact) mass is 351 g/mol. The lowest BCUT2D eigenvalue weighted by Gasteiger charge is -2.09. The van der Waals surface area contributed by atoms with Crippen LogP contribution in [0.2, 0.25) is 0 Å². The van der Waals surface area contributed by atoms with E-state index >= 15 is 0 Å². The van der Waals surface area contributed by atoms with Gasteiger partial charge < -0.3 is 14.8 Å². The maximum absolute atomic E-state index is 11.7. The number of carbonyl (C=O) groups excluding carboxylic acids is 1. The lowest BCUT2D eigenvalue weighted by atomic mass is 10.2. The number of rotatable bonds is 5. The molecular formula is C14H14BrN3O3. The van der Waals surface area contributed by atoms with Gasteiger partial charge in [0.05, 0.1) is 20.4 Å². The van der Waals surface area contributed by atoms with Gasteiger partial charge in [-0.2, -0.15) is 0 Å².